The number of hydrogen-bond donors (Lipinski definition) is 0. The Hall–Kier alpha value is -0.877. The molecule has 0 radical (unpaired) electrons. The first-order chi connectivity index (χ1) is 19.7. The summed E-state index contributed by atoms with van der Waals surface area (Å²) in [5.74, 6) is 6.62. The van der Waals surface area contributed by atoms with Crippen LogP contribution in [0.5, 0.6) is 0 Å². The second kappa shape index (κ2) is 15.7. The Kier molecular flexibility index (Phi) is 12.7. The van der Waals surface area contributed by atoms with E-state index < -0.39 is 20.8 Å². The monoisotopic (exact) mass is 666 g/mol. The normalized spacial score (nSPS) is 26.3. The van der Waals surface area contributed by atoms with Crippen molar-refractivity contribution in [2.24, 2.45) is 35.5 Å². The van der Waals surface area contributed by atoms with Crippen LogP contribution >= 0.6 is 17.0 Å². The molecule has 41 heavy (non-hydrogen) atoms. The van der Waals surface area contributed by atoms with Crippen molar-refractivity contribution in [3.05, 3.63) is 83.9 Å². The number of hydrogen-bond acceptors (Lipinski definition) is 0. The minimum absolute atomic E-state index is 0.767. The van der Waals surface area contributed by atoms with Gasteiger partial charge in [-0.05, 0) is 47.3 Å². The van der Waals surface area contributed by atoms with Crippen LogP contribution in [-0.2, 0) is 20.8 Å². The summed E-state index contributed by atoms with van der Waals surface area (Å²) in [6.45, 7) is 14.5. The van der Waals surface area contributed by atoms with Crippen molar-refractivity contribution in [3.8, 4) is 0 Å². The van der Waals surface area contributed by atoms with Gasteiger partial charge in [0, 0.05) is 0 Å². The Bertz CT molecular complexity index is 1230. The zero-order valence-electron chi connectivity index (χ0n) is 26.0. The molecule has 220 valence electrons. The Morgan fingerprint density at radius 3 is 1.34 bits per heavy atom. The first kappa shape index (κ1) is 33.0. The molecule has 4 aromatic rings. The van der Waals surface area contributed by atoms with Gasteiger partial charge in [-0.25, -0.2) is 0 Å². The van der Waals surface area contributed by atoms with E-state index in [0.717, 1.165) is 47.3 Å². The summed E-state index contributed by atoms with van der Waals surface area (Å²) in [7, 11) is 9.87. The SMILES string of the molecule is CC(C)[C@H]1CC[C@H](C)C[C@H]1[c-]1ccc2ccccc21.CC(C)[C@H]1CC[C@H](C)C[C@H]1[c-]1ccc2ccccc21.[Cl][Zr+2][Cl]. The molecule has 6 atom stereocenters. The van der Waals surface area contributed by atoms with E-state index in [4.69, 9.17) is 17.0 Å². The molecule has 2 aliphatic carbocycles. The number of rotatable bonds is 4. The van der Waals surface area contributed by atoms with E-state index in [1.807, 2.05) is 0 Å². The Morgan fingerprint density at radius 2 is 0.976 bits per heavy atom. The third kappa shape index (κ3) is 8.19. The summed E-state index contributed by atoms with van der Waals surface area (Å²) >= 11 is -0.826. The second-order valence-corrected chi connectivity index (χ2v) is 17.4. The van der Waals surface area contributed by atoms with Crippen LogP contribution in [0.25, 0.3) is 21.5 Å². The predicted molar refractivity (Wildman–Crippen MR) is 179 cm³/mol. The van der Waals surface area contributed by atoms with Crippen molar-refractivity contribution >= 4 is 38.6 Å². The zero-order chi connectivity index (χ0) is 29.5. The fourth-order valence-electron chi connectivity index (χ4n) is 8.12. The molecule has 0 aliphatic heterocycles. The molecule has 4 aromatic carbocycles. The van der Waals surface area contributed by atoms with E-state index in [1.165, 1.54) is 60.1 Å². The summed E-state index contributed by atoms with van der Waals surface area (Å²) < 4.78 is 0. The molecule has 0 bridgehead atoms. The van der Waals surface area contributed by atoms with Gasteiger partial charge in [0.1, 0.15) is 0 Å². The van der Waals surface area contributed by atoms with Crippen LogP contribution in [0.15, 0.2) is 72.8 Å². The summed E-state index contributed by atoms with van der Waals surface area (Å²) in [4.78, 5) is 0. The summed E-state index contributed by atoms with van der Waals surface area (Å²) in [6, 6.07) is 27.2. The van der Waals surface area contributed by atoms with Crippen molar-refractivity contribution in [3.63, 3.8) is 0 Å². The molecule has 0 unspecified atom stereocenters. The van der Waals surface area contributed by atoms with Crippen molar-refractivity contribution in [2.75, 3.05) is 0 Å². The fourth-order valence-corrected chi connectivity index (χ4v) is 8.12. The van der Waals surface area contributed by atoms with Crippen LogP contribution in [0, 0.1) is 35.5 Å². The molecule has 2 saturated carbocycles. The molecule has 2 fully saturated rings. The molecule has 0 aromatic heterocycles. The van der Waals surface area contributed by atoms with Gasteiger partial charge >= 0.3 is 37.9 Å². The van der Waals surface area contributed by atoms with E-state index in [1.54, 1.807) is 11.1 Å². The van der Waals surface area contributed by atoms with Gasteiger partial charge in [-0.15, -0.1) is 81.2 Å². The van der Waals surface area contributed by atoms with Crippen LogP contribution in [0.4, 0.5) is 0 Å². The Labute approximate surface area is 269 Å². The number of fused-ring (bicyclic) bond motifs is 2. The number of halogens is 2. The van der Waals surface area contributed by atoms with Crippen LogP contribution < -0.4 is 0 Å². The zero-order valence-corrected chi connectivity index (χ0v) is 30.0. The topological polar surface area (TPSA) is 0 Å². The quantitative estimate of drug-likeness (QED) is 0.190. The summed E-state index contributed by atoms with van der Waals surface area (Å²) in [5, 5.41) is 5.82. The third-order valence-electron chi connectivity index (χ3n) is 10.3. The number of benzene rings is 2. The van der Waals surface area contributed by atoms with Crippen LogP contribution in [0.1, 0.15) is 103 Å². The Morgan fingerprint density at radius 1 is 0.610 bits per heavy atom. The maximum atomic E-state index is 4.93. The molecule has 0 nitrogen and oxygen atoms in total. The molecule has 6 rings (SSSR count). The van der Waals surface area contributed by atoms with Crippen molar-refractivity contribution < 1.29 is 20.8 Å². The molecule has 2 aliphatic rings. The first-order valence-electron chi connectivity index (χ1n) is 16.0. The molecule has 0 amide bonds. The fraction of sp³-hybridized carbons (Fsp3) is 0.526. The molecule has 0 spiro atoms. The average molecular weight is 669 g/mol. The first-order valence-corrected chi connectivity index (χ1v) is 22.3. The van der Waals surface area contributed by atoms with Gasteiger partial charge < -0.3 is 0 Å². The van der Waals surface area contributed by atoms with Gasteiger partial charge in [0.2, 0.25) is 0 Å². The molecular formula is C38H50Cl2Zr. The third-order valence-corrected chi connectivity index (χ3v) is 10.3. The van der Waals surface area contributed by atoms with E-state index in [0.29, 0.717) is 0 Å². The van der Waals surface area contributed by atoms with Gasteiger partial charge in [0.25, 0.3) is 0 Å². The van der Waals surface area contributed by atoms with Crippen molar-refractivity contribution in [1.82, 2.24) is 0 Å². The minimum atomic E-state index is -0.826. The van der Waals surface area contributed by atoms with Crippen LogP contribution in [0.2, 0.25) is 0 Å². The van der Waals surface area contributed by atoms with Gasteiger partial charge in [-0.2, -0.15) is 12.1 Å². The Balaban J connectivity index is 0.000000173. The average Bonchev–Trinajstić information content (AvgIpc) is 3.58. The second-order valence-electron chi connectivity index (χ2n) is 13.7. The molecule has 0 heterocycles. The van der Waals surface area contributed by atoms with E-state index in [2.05, 4.69) is 114 Å². The van der Waals surface area contributed by atoms with Gasteiger partial charge in [0.15, 0.2) is 0 Å². The molecular weight excluding hydrogens is 619 g/mol. The van der Waals surface area contributed by atoms with E-state index in [-0.39, 0.29) is 0 Å². The van der Waals surface area contributed by atoms with Crippen molar-refractivity contribution in [1.29, 1.82) is 0 Å². The summed E-state index contributed by atoms with van der Waals surface area (Å²) in [5.41, 5.74) is 3.22. The standard InChI is InChI=1S/2C19H25.2ClH.Zr/c2*1-13(2)16-10-8-14(3)12-19(16)18-11-9-15-6-4-5-7-17(15)18;;;/h2*4-7,9,11,13-14,16,19H,8,10,12H2,1-3H3;2*1H;/q2*-1;;;+4/p-2/t2*14-,16+,19+;;;/m00.../s1. The van der Waals surface area contributed by atoms with Gasteiger partial charge in [0.05, 0.1) is 0 Å². The molecule has 3 heteroatoms. The van der Waals surface area contributed by atoms with E-state index in [9.17, 15) is 0 Å². The predicted octanol–water partition coefficient (Wildman–Crippen LogP) is 12.8. The van der Waals surface area contributed by atoms with Crippen LogP contribution in [-0.4, -0.2) is 0 Å². The molecule has 0 N–H and O–H groups in total. The van der Waals surface area contributed by atoms with Gasteiger partial charge in [-0.3, -0.25) is 0 Å². The van der Waals surface area contributed by atoms with Crippen molar-refractivity contribution in [2.45, 2.75) is 91.9 Å². The summed E-state index contributed by atoms with van der Waals surface area (Å²) in [6.07, 6.45) is 8.38. The van der Waals surface area contributed by atoms with E-state index >= 15 is 0 Å². The van der Waals surface area contributed by atoms with Gasteiger partial charge in [-0.1, -0.05) is 92.2 Å². The maximum absolute atomic E-state index is 4.93. The molecule has 0 saturated heterocycles. The van der Waals surface area contributed by atoms with Crippen LogP contribution in [0.3, 0.4) is 0 Å².